The largest absolute Gasteiger partial charge is 0.416 e. The van der Waals surface area contributed by atoms with Crippen molar-refractivity contribution in [3.05, 3.63) is 87.9 Å². The number of nitrogens with zero attached hydrogens (tertiary/aromatic N) is 3. The van der Waals surface area contributed by atoms with Gasteiger partial charge < -0.3 is 9.74 Å². The van der Waals surface area contributed by atoms with Gasteiger partial charge in [0.15, 0.2) is 6.10 Å². The Morgan fingerprint density at radius 1 is 1.13 bits per heavy atom. The first-order chi connectivity index (χ1) is 14.9. The zero-order chi connectivity index (χ0) is 21.8. The van der Waals surface area contributed by atoms with E-state index in [9.17, 15) is 18.0 Å². The lowest BCUT2D eigenvalue weighted by Crippen LogP contribution is -2.37. The van der Waals surface area contributed by atoms with E-state index < -0.39 is 11.7 Å². The van der Waals surface area contributed by atoms with Crippen LogP contribution in [0.3, 0.4) is 0 Å². The average molecular weight is 445 g/mol. The predicted molar refractivity (Wildman–Crippen MR) is 111 cm³/mol. The molecular weight excluding hydrogens is 427 g/mol. The molecule has 31 heavy (non-hydrogen) atoms. The van der Waals surface area contributed by atoms with Crippen molar-refractivity contribution in [1.82, 2.24) is 9.88 Å². The van der Waals surface area contributed by atoms with E-state index in [1.165, 1.54) is 23.5 Å². The first kappa shape index (κ1) is 21.0. The van der Waals surface area contributed by atoms with Gasteiger partial charge in [0.2, 0.25) is 0 Å². The number of hydrogen-bond donors (Lipinski definition) is 0. The minimum Gasteiger partial charge on any atom is -0.390 e. The number of thiophene rings is 1. The highest BCUT2D eigenvalue weighted by atomic mass is 32.1. The lowest BCUT2D eigenvalue weighted by atomic mass is 10.1. The van der Waals surface area contributed by atoms with Crippen LogP contribution in [0.5, 0.6) is 0 Å². The molecule has 0 fully saturated rings. The Morgan fingerprint density at radius 2 is 1.94 bits per heavy atom. The second kappa shape index (κ2) is 8.89. The van der Waals surface area contributed by atoms with Gasteiger partial charge >= 0.3 is 6.18 Å². The van der Waals surface area contributed by atoms with Crippen molar-refractivity contribution in [3.63, 3.8) is 0 Å². The average Bonchev–Trinajstić information content (AvgIpc) is 3.46. The number of aromatic nitrogens is 1. The molecule has 3 aromatic rings. The molecule has 1 aromatic carbocycles. The van der Waals surface area contributed by atoms with Gasteiger partial charge in [-0.25, -0.2) is 0 Å². The number of hydrogen-bond acceptors (Lipinski definition) is 5. The van der Waals surface area contributed by atoms with Gasteiger partial charge in [-0.1, -0.05) is 29.4 Å². The SMILES string of the molecule is O=C(c1cccs1)N(Cc1ccc(C(F)(F)F)cc1)CC1CC(c2ccccn2)=NO1. The van der Waals surface area contributed by atoms with Crippen LogP contribution in [-0.2, 0) is 17.6 Å². The summed E-state index contributed by atoms with van der Waals surface area (Å²) in [5.74, 6) is -0.204. The number of rotatable bonds is 6. The van der Waals surface area contributed by atoms with Crippen LogP contribution in [0.2, 0.25) is 0 Å². The first-order valence-corrected chi connectivity index (χ1v) is 10.4. The van der Waals surface area contributed by atoms with Crippen LogP contribution in [0.25, 0.3) is 0 Å². The maximum absolute atomic E-state index is 13.0. The van der Waals surface area contributed by atoms with E-state index in [1.807, 2.05) is 18.2 Å². The summed E-state index contributed by atoms with van der Waals surface area (Å²) in [7, 11) is 0. The Labute approximate surface area is 180 Å². The molecular formula is C22H18F3N3O2S. The monoisotopic (exact) mass is 445 g/mol. The second-order valence-corrected chi connectivity index (χ2v) is 7.99. The Balaban J connectivity index is 1.48. The molecule has 1 aliphatic rings. The minimum absolute atomic E-state index is 0.160. The molecule has 1 unspecified atom stereocenters. The third-order valence-electron chi connectivity index (χ3n) is 4.79. The molecule has 4 rings (SSSR count). The van der Waals surface area contributed by atoms with Crippen molar-refractivity contribution >= 4 is 23.0 Å². The fourth-order valence-electron chi connectivity index (χ4n) is 3.25. The molecule has 0 bridgehead atoms. The molecule has 160 valence electrons. The van der Waals surface area contributed by atoms with Gasteiger partial charge in [0.25, 0.3) is 5.91 Å². The van der Waals surface area contributed by atoms with Gasteiger partial charge in [-0.05, 0) is 41.3 Å². The Hall–Kier alpha value is -3.20. The molecule has 0 spiro atoms. The van der Waals surface area contributed by atoms with Gasteiger partial charge in [-0.15, -0.1) is 11.3 Å². The first-order valence-electron chi connectivity index (χ1n) is 9.53. The molecule has 2 aromatic heterocycles. The highest BCUT2D eigenvalue weighted by Crippen LogP contribution is 2.29. The second-order valence-electron chi connectivity index (χ2n) is 7.04. The summed E-state index contributed by atoms with van der Waals surface area (Å²) < 4.78 is 38.5. The van der Waals surface area contributed by atoms with Crippen LogP contribution in [0, 0.1) is 0 Å². The Kier molecular flexibility index (Phi) is 6.03. The number of alkyl halides is 3. The molecule has 1 aliphatic heterocycles. The highest BCUT2D eigenvalue weighted by molar-refractivity contribution is 7.12. The van der Waals surface area contributed by atoms with E-state index in [-0.39, 0.29) is 25.1 Å². The molecule has 0 saturated carbocycles. The molecule has 1 atom stereocenters. The quantitative estimate of drug-likeness (QED) is 0.537. The van der Waals surface area contributed by atoms with Crippen molar-refractivity contribution in [2.24, 2.45) is 5.16 Å². The molecule has 0 aliphatic carbocycles. The van der Waals surface area contributed by atoms with Crippen molar-refractivity contribution in [2.75, 3.05) is 6.54 Å². The molecule has 5 nitrogen and oxygen atoms in total. The number of benzene rings is 1. The van der Waals surface area contributed by atoms with E-state index in [2.05, 4.69) is 10.1 Å². The van der Waals surface area contributed by atoms with E-state index in [0.717, 1.165) is 12.1 Å². The summed E-state index contributed by atoms with van der Waals surface area (Å²) in [6, 6.07) is 13.8. The number of amides is 1. The number of carbonyl (C=O) groups is 1. The van der Waals surface area contributed by atoms with Crippen molar-refractivity contribution < 1.29 is 22.8 Å². The molecule has 0 radical (unpaired) electrons. The van der Waals surface area contributed by atoms with E-state index in [4.69, 9.17) is 4.84 Å². The van der Waals surface area contributed by atoms with E-state index in [0.29, 0.717) is 28.3 Å². The van der Waals surface area contributed by atoms with Gasteiger partial charge in [0, 0.05) is 19.2 Å². The summed E-state index contributed by atoms with van der Waals surface area (Å²) in [5.41, 5.74) is 1.29. The normalized spacial score (nSPS) is 16.0. The molecule has 9 heteroatoms. The molecule has 0 saturated heterocycles. The van der Waals surface area contributed by atoms with Gasteiger partial charge in [0.05, 0.1) is 22.7 Å². The zero-order valence-corrected chi connectivity index (χ0v) is 17.1. The molecule has 3 heterocycles. The summed E-state index contributed by atoms with van der Waals surface area (Å²) in [4.78, 5) is 25.0. The van der Waals surface area contributed by atoms with Crippen molar-refractivity contribution in [1.29, 1.82) is 0 Å². The molecule has 0 N–H and O–H groups in total. The highest BCUT2D eigenvalue weighted by Gasteiger charge is 2.31. The topological polar surface area (TPSA) is 54.8 Å². The van der Waals surface area contributed by atoms with Gasteiger partial charge in [0.1, 0.15) is 5.71 Å². The van der Waals surface area contributed by atoms with Gasteiger partial charge in [-0.3, -0.25) is 9.78 Å². The number of halogens is 3. The lowest BCUT2D eigenvalue weighted by molar-refractivity contribution is -0.137. The smallest absolute Gasteiger partial charge is 0.390 e. The number of pyridine rings is 1. The van der Waals surface area contributed by atoms with Crippen LogP contribution < -0.4 is 0 Å². The maximum atomic E-state index is 13.0. The third-order valence-corrected chi connectivity index (χ3v) is 5.65. The maximum Gasteiger partial charge on any atom is 0.416 e. The fraction of sp³-hybridized carbons (Fsp3) is 0.227. The third kappa shape index (κ3) is 5.11. The summed E-state index contributed by atoms with van der Waals surface area (Å²) >= 11 is 1.31. The van der Waals surface area contributed by atoms with Gasteiger partial charge in [-0.2, -0.15) is 13.2 Å². The van der Waals surface area contributed by atoms with Crippen LogP contribution in [0.1, 0.15) is 32.9 Å². The van der Waals surface area contributed by atoms with E-state index in [1.54, 1.807) is 28.6 Å². The Bertz CT molecular complexity index is 1050. The minimum atomic E-state index is -4.40. The lowest BCUT2D eigenvalue weighted by Gasteiger charge is -2.24. The standard InChI is InChI=1S/C22H18F3N3O2S/c23-22(24,25)16-8-6-15(7-9-16)13-28(21(29)20-5-3-11-31-20)14-17-12-19(27-30-17)18-4-1-2-10-26-18/h1-11,17H,12-14H2. The summed E-state index contributed by atoms with van der Waals surface area (Å²) in [6.07, 6.45) is -2.61. The Morgan fingerprint density at radius 3 is 2.58 bits per heavy atom. The van der Waals surface area contributed by atoms with Crippen LogP contribution in [0.15, 0.2) is 71.3 Å². The van der Waals surface area contributed by atoms with E-state index >= 15 is 0 Å². The zero-order valence-electron chi connectivity index (χ0n) is 16.2. The van der Waals surface area contributed by atoms with Crippen LogP contribution >= 0.6 is 11.3 Å². The fourth-order valence-corrected chi connectivity index (χ4v) is 3.94. The number of oxime groups is 1. The van der Waals surface area contributed by atoms with Crippen molar-refractivity contribution in [3.8, 4) is 0 Å². The summed E-state index contributed by atoms with van der Waals surface area (Å²) in [6.45, 7) is 0.408. The van der Waals surface area contributed by atoms with Crippen LogP contribution in [-0.4, -0.2) is 34.2 Å². The number of carbonyl (C=O) groups excluding carboxylic acids is 1. The predicted octanol–water partition coefficient (Wildman–Crippen LogP) is 5.00. The van der Waals surface area contributed by atoms with Crippen molar-refractivity contribution in [2.45, 2.75) is 25.2 Å². The summed E-state index contributed by atoms with van der Waals surface area (Å²) in [5, 5.41) is 5.91. The van der Waals surface area contributed by atoms with Crippen LogP contribution in [0.4, 0.5) is 13.2 Å². The molecule has 1 amide bonds.